The molecule has 4 N–H and O–H groups in total. The van der Waals surface area contributed by atoms with Crippen LogP contribution in [0.1, 0.15) is 33.9 Å². The normalized spacial score (nSPS) is 24.1. The van der Waals surface area contributed by atoms with E-state index in [-0.39, 0.29) is 28.7 Å². The lowest BCUT2D eigenvalue weighted by atomic mass is 9.93. The second-order valence-electron chi connectivity index (χ2n) is 9.84. The van der Waals surface area contributed by atoms with Crippen LogP contribution in [0.5, 0.6) is 11.6 Å². The SMILES string of the molecule is COc1nc(N)nc2c1ncn2[C@@H]1O[C@H](COP(=O)(N[C@@H](C)C(=O)OC(C)C)Oc2ccccc2)[C@@H](O)[C@@]1(C)N=[N+]=[N-]. The third-order valence-corrected chi connectivity index (χ3v) is 7.95. The van der Waals surface area contributed by atoms with Gasteiger partial charge in [-0.3, -0.25) is 13.9 Å². The number of nitrogen functional groups attached to an aromatic ring is 1. The van der Waals surface area contributed by atoms with Crippen molar-refractivity contribution in [3.8, 4) is 11.6 Å². The fraction of sp³-hybridized carbons (Fsp3) is 0.500. The number of aromatic nitrogens is 4. The number of rotatable bonds is 12. The Hall–Kier alpha value is -3.98. The van der Waals surface area contributed by atoms with Gasteiger partial charge < -0.3 is 29.6 Å². The summed E-state index contributed by atoms with van der Waals surface area (Å²) < 4.78 is 43.2. The first-order valence-electron chi connectivity index (χ1n) is 12.8. The van der Waals surface area contributed by atoms with E-state index < -0.39 is 56.4 Å². The van der Waals surface area contributed by atoms with Crippen LogP contribution in [0.2, 0.25) is 0 Å². The number of methoxy groups -OCH3 is 1. The van der Waals surface area contributed by atoms with Crippen molar-refractivity contribution in [3.05, 3.63) is 47.1 Å². The van der Waals surface area contributed by atoms with E-state index in [4.69, 9.17) is 29.0 Å². The number of esters is 1. The molecular formula is C24H32N9O8P. The standard InChI is InChI=1S/C24H32N9O8P/c1-13(2)39-21(35)14(3)30-42(36,41-15-9-7-6-8-10-15)38-11-16-18(34)24(4,31-32-26)22(40-16)33-12-27-17-19(33)28-23(25)29-20(17)37-5/h6-10,12-14,16,18,22,34H,11H2,1-5H3,(H,30,36)(H2,25,28,29)/t14-,16+,18+,22+,24+,42?/m0/s1. The summed E-state index contributed by atoms with van der Waals surface area (Å²) in [4.78, 5) is 27.8. The number of aliphatic hydroxyl groups is 1. The van der Waals surface area contributed by atoms with Gasteiger partial charge in [0.2, 0.25) is 11.8 Å². The lowest BCUT2D eigenvalue weighted by molar-refractivity contribution is -0.149. The van der Waals surface area contributed by atoms with Gasteiger partial charge in [-0.15, -0.1) is 0 Å². The summed E-state index contributed by atoms with van der Waals surface area (Å²) in [5, 5.41) is 17.7. The number of nitrogens with two attached hydrogens (primary N) is 1. The molecule has 2 aromatic heterocycles. The number of nitrogens with one attached hydrogen (secondary N) is 1. The minimum atomic E-state index is -4.29. The molecule has 0 amide bonds. The molecule has 3 aromatic rings. The van der Waals surface area contributed by atoms with E-state index in [0.29, 0.717) is 0 Å². The van der Waals surface area contributed by atoms with Crippen molar-refractivity contribution in [3.63, 3.8) is 0 Å². The molecule has 1 aliphatic rings. The van der Waals surface area contributed by atoms with E-state index >= 15 is 0 Å². The molecular weight excluding hydrogens is 573 g/mol. The number of para-hydroxylation sites is 1. The smallest absolute Gasteiger partial charge is 0.459 e. The number of carbonyl (C=O) groups excluding carboxylic acids is 1. The molecule has 17 nitrogen and oxygen atoms in total. The zero-order valence-corrected chi connectivity index (χ0v) is 24.4. The zero-order chi connectivity index (χ0) is 30.7. The second-order valence-corrected chi connectivity index (χ2v) is 11.5. The highest BCUT2D eigenvalue weighted by Crippen LogP contribution is 2.48. The van der Waals surface area contributed by atoms with Crippen molar-refractivity contribution in [1.82, 2.24) is 24.6 Å². The van der Waals surface area contributed by atoms with Crippen LogP contribution in [0.15, 0.2) is 41.8 Å². The van der Waals surface area contributed by atoms with E-state index in [9.17, 15) is 20.0 Å². The van der Waals surface area contributed by atoms with Crippen molar-refractivity contribution < 1.29 is 37.7 Å². The maximum absolute atomic E-state index is 13.9. The predicted molar refractivity (Wildman–Crippen MR) is 148 cm³/mol. The number of nitrogens with zero attached hydrogens (tertiary/aromatic N) is 7. The first kappa shape index (κ1) is 31.0. The molecule has 0 bridgehead atoms. The summed E-state index contributed by atoms with van der Waals surface area (Å²) in [6.07, 6.45) is -2.89. The van der Waals surface area contributed by atoms with Crippen LogP contribution in [0, 0.1) is 0 Å². The minimum Gasteiger partial charge on any atom is -0.479 e. The molecule has 0 spiro atoms. The number of anilines is 1. The Morgan fingerprint density at radius 2 is 2.05 bits per heavy atom. The molecule has 0 radical (unpaired) electrons. The third kappa shape index (κ3) is 6.41. The number of benzene rings is 1. The number of fused-ring (bicyclic) bond motifs is 1. The molecule has 1 aliphatic heterocycles. The summed E-state index contributed by atoms with van der Waals surface area (Å²) in [5.74, 6) is -0.489. The van der Waals surface area contributed by atoms with Gasteiger partial charge >= 0.3 is 13.7 Å². The van der Waals surface area contributed by atoms with Crippen molar-refractivity contribution in [1.29, 1.82) is 0 Å². The van der Waals surface area contributed by atoms with Gasteiger partial charge in [-0.2, -0.15) is 15.1 Å². The van der Waals surface area contributed by atoms with Gasteiger partial charge in [-0.05, 0) is 45.4 Å². The van der Waals surface area contributed by atoms with Crippen LogP contribution in [0.3, 0.4) is 0 Å². The fourth-order valence-corrected chi connectivity index (χ4v) is 5.81. The first-order chi connectivity index (χ1) is 19.9. The summed E-state index contributed by atoms with van der Waals surface area (Å²) in [5.41, 5.74) is 14.0. The molecule has 0 saturated carbocycles. The van der Waals surface area contributed by atoms with Crippen LogP contribution < -0.4 is 20.1 Å². The predicted octanol–water partition coefficient (Wildman–Crippen LogP) is 2.88. The monoisotopic (exact) mass is 605 g/mol. The Morgan fingerprint density at radius 1 is 1.33 bits per heavy atom. The molecule has 1 fully saturated rings. The van der Waals surface area contributed by atoms with Crippen molar-refractivity contribution in [2.45, 2.75) is 63.8 Å². The Kier molecular flexibility index (Phi) is 9.21. The maximum atomic E-state index is 13.9. The molecule has 226 valence electrons. The van der Waals surface area contributed by atoms with E-state index in [2.05, 4.69) is 30.1 Å². The van der Waals surface area contributed by atoms with Crippen molar-refractivity contribution in [2.75, 3.05) is 19.5 Å². The summed E-state index contributed by atoms with van der Waals surface area (Å²) in [6, 6.07) is 7.08. The van der Waals surface area contributed by atoms with Gasteiger partial charge in [-0.25, -0.2) is 9.55 Å². The van der Waals surface area contributed by atoms with Gasteiger partial charge in [0.05, 0.1) is 32.3 Å². The number of hydrogen-bond acceptors (Lipinski definition) is 13. The number of carbonyl (C=O) groups is 1. The van der Waals surface area contributed by atoms with Crippen molar-refractivity contribution in [2.24, 2.45) is 5.11 Å². The van der Waals surface area contributed by atoms with E-state index in [1.165, 1.54) is 31.9 Å². The van der Waals surface area contributed by atoms with Crippen LogP contribution in [0.25, 0.3) is 21.6 Å². The highest BCUT2D eigenvalue weighted by molar-refractivity contribution is 7.52. The summed E-state index contributed by atoms with van der Waals surface area (Å²) >= 11 is 0. The Morgan fingerprint density at radius 3 is 2.69 bits per heavy atom. The number of hydrogen-bond donors (Lipinski definition) is 3. The molecule has 1 saturated heterocycles. The average Bonchev–Trinajstić information content (AvgIpc) is 3.45. The minimum absolute atomic E-state index is 0.107. The lowest BCUT2D eigenvalue weighted by Gasteiger charge is -2.28. The first-order valence-corrected chi connectivity index (χ1v) is 14.4. The lowest BCUT2D eigenvalue weighted by Crippen LogP contribution is -2.43. The zero-order valence-electron chi connectivity index (χ0n) is 23.5. The topological polar surface area (TPSA) is 231 Å². The van der Waals surface area contributed by atoms with Gasteiger partial charge in [0.15, 0.2) is 17.4 Å². The van der Waals surface area contributed by atoms with Crippen LogP contribution in [0.4, 0.5) is 5.95 Å². The van der Waals surface area contributed by atoms with E-state index in [0.717, 1.165) is 0 Å². The van der Waals surface area contributed by atoms with Crippen LogP contribution in [-0.2, 0) is 23.4 Å². The Balaban J connectivity index is 1.62. The second kappa shape index (κ2) is 12.5. The summed E-state index contributed by atoms with van der Waals surface area (Å²) in [7, 11) is -2.90. The van der Waals surface area contributed by atoms with Crippen molar-refractivity contribution >= 4 is 30.8 Å². The molecule has 0 aliphatic carbocycles. The van der Waals surface area contributed by atoms with Crippen LogP contribution >= 0.6 is 7.75 Å². The Bertz CT molecular complexity index is 1520. The van der Waals surface area contributed by atoms with Gasteiger partial charge in [0.25, 0.3) is 0 Å². The molecule has 42 heavy (non-hydrogen) atoms. The largest absolute Gasteiger partial charge is 0.479 e. The highest BCUT2D eigenvalue weighted by atomic mass is 31.2. The number of aliphatic hydroxyl groups excluding tert-OH is 1. The van der Waals surface area contributed by atoms with Gasteiger partial charge in [-0.1, -0.05) is 23.3 Å². The van der Waals surface area contributed by atoms with Gasteiger partial charge in [0, 0.05) is 4.91 Å². The Labute approximate surface area is 240 Å². The quantitative estimate of drug-likeness (QED) is 0.0887. The fourth-order valence-electron chi connectivity index (χ4n) is 4.31. The number of ether oxygens (including phenoxy) is 3. The number of imidazole rings is 1. The molecule has 1 aromatic carbocycles. The molecule has 4 rings (SSSR count). The van der Waals surface area contributed by atoms with Gasteiger partial charge in [0.1, 0.15) is 23.4 Å². The maximum Gasteiger partial charge on any atom is 0.459 e. The molecule has 1 unspecified atom stereocenters. The van der Waals surface area contributed by atoms with E-state index in [1.807, 2.05) is 0 Å². The molecule has 18 heteroatoms. The van der Waals surface area contributed by atoms with Crippen LogP contribution in [-0.4, -0.2) is 74.2 Å². The molecule has 3 heterocycles. The van der Waals surface area contributed by atoms with E-state index in [1.54, 1.807) is 44.2 Å². The average molecular weight is 606 g/mol. The molecule has 6 atom stereocenters. The summed E-state index contributed by atoms with van der Waals surface area (Å²) in [6.45, 7) is 5.76. The third-order valence-electron chi connectivity index (χ3n) is 6.30. The number of azide groups is 1. The highest BCUT2D eigenvalue weighted by Gasteiger charge is 2.55.